The van der Waals surface area contributed by atoms with E-state index in [0.29, 0.717) is 23.5 Å². The molecule has 0 spiro atoms. The molecule has 0 saturated carbocycles. The molecular formula is C45H60N12O11P2S. The van der Waals surface area contributed by atoms with Crippen LogP contribution in [0.25, 0.3) is 32.0 Å². The first kappa shape index (κ1) is 52.6. The Balaban J connectivity index is 1.22. The van der Waals surface area contributed by atoms with E-state index in [9.17, 15) is 9.59 Å². The van der Waals surface area contributed by atoms with Crippen LogP contribution >= 0.6 is 15.2 Å². The number of aromatic amines is 1. The lowest BCUT2D eigenvalue weighted by molar-refractivity contribution is -0.0603. The highest BCUT2D eigenvalue weighted by atomic mass is 32.5. The lowest BCUT2D eigenvalue weighted by Crippen LogP contribution is -2.41. The molecule has 23 nitrogen and oxygen atoms in total. The molecule has 2 saturated heterocycles. The molecular weight excluding hydrogens is 979 g/mol. The lowest BCUT2D eigenvalue weighted by atomic mass is 10.1. The maximum Gasteiger partial charge on any atom is 0.327 e. The molecule has 0 radical (unpaired) electrons. The molecule has 2 N–H and O–H groups in total. The minimum atomic E-state index is -3.94. The van der Waals surface area contributed by atoms with Crippen molar-refractivity contribution < 1.29 is 47.7 Å². The average Bonchev–Trinajstić information content (AvgIpc) is 4.14. The number of rotatable bonds is 24. The average molecular weight is 1040 g/mol. The van der Waals surface area contributed by atoms with Crippen LogP contribution in [0.4, 0.5) is 5.82 Å². The second-order valence-electron chi connectivity index (χ2n) is 17.5. The van der Waals surface area contributed by atoms with E-state index in [4.69, 9.17) is 72.9 Å². The van der Waals surface area contributed by atoms with Crippen LogP contribution in [0.5, 0.6) is 0 Å². The van der Waals surface area contributed by atoms with E-state index < -0.39 is 75.8 Å². The largest absolute Gasteiger partial charge is 0.374 e. The van der Waals surface area contributed by atoms with Crippen molar-refractivity contribution in [2.45, 2.75) is 116 Å². The van der Waals surface area contributed by atoms with Crippen molar-refractivity contribution in [3.63, 3.8) is 0 Å². The number of ether oxygens (including phenoxy) is 4. The molecule has 6 heterocycles. The number of methoxy groups -OCH3 is 2. The maximum absolute atomic E-state index is 13.2. The summed E-state index contributed by atoms with van der Waals surface area (Å²) in [5, 5.41) is 2.83. The predicted molar refractivity (Wildman–Crippen MR) is 265 cm³/mol. The smallest absolute Gasteiger partial charge is 0.327 e. The van der Waals surface area contributed by atoms with Gasteiger partial charge in [0.2, 0.25) is 13.1 Å². The summed E-state index contributed by atoms with van der Waals surface area (Å²) in [6.45, 7) is 22.4. The van der Waals surface area contributed by atoms with Crippen molar-refractivity contribution in [3.05, 3.63) is 93.9 Å². The number of hydrogen-bond donors (Lipinski definition) is 2. The highest BCUT2D eigenvalue weighted by Crippen LogP contribution is 2.56. The van der Waals surface area contributed by atoms with Crippen molar-refractivity contribution in [1.82, 2.24) is 43.7 Å². The van der Waals surface area contributed by atoms with E-state index in [-0.39, 0.29) is 80.3 Å². The van der Waals surface area contributed by atoms with Gasteiger partial charge in [0.15, 0.2) is 40.6 Å². The number of nitrogens with one attached hydrogen (secondary N) is 2. The first-order chi connectivity index (χ1) is 34.6. The minimum Gasteiger partial charge on any atom is -0.374 e. The highest BCUT2D eigenvalue weighted by Gasteiger charge is 2.52. The summed E-state index contributed by atoms with van der Waals surface area (Å²) in [5.41, 5.74) is 0.960. The molecule has 71 heavy (non-hydrogen) atoms. The zero-order valence-electron chi connectivity index (χ0n) is 41.7. The third-order valence-corrected chi connectivity index (χ3v) is 15.8. The fraction of sp³-hybridized carbons (Fsp3) is 0.578. The number of imidazole rings is 2. The van der Waals surface area contributed by atoms with Gasteiger partial charge in [-0.2, -0.15) is 0 Å². The van der Waals surface area contributed by atoms with Crippen LogP contribution in [-0.2, 0) is 59.8 Å². The van der Waals surface area contributed by atoms with Gasteiger partial charge < -0.3 is 57.0 Å². The molecule has 1 aromatic carbocycles. The normalized spacial score (nSPS) is 23.9. The van der Waals surface area contributed by atoms with Gasteiger partial charge in [-0.1, -0.05) is 32.0 Å². The summed E-state index contributed by atoms with van der Waals surface area (Å²) >= 11 is 6.14. The van der Waals surface area contributed by atoms with E-state index in [1.807, 2.05) is 47.6 Å². The van der Waals surface area contributed by atoms with Crippen LogP contribution in [0.15, 0.2) is 54.1 Å². The first-order valence-electron chi connectivity index (χ1n) is 23.6. The molecule has 5 aromatic rings. The van der Waals surface area contributed by atoms with Gasteiger partial charge in [-0.25, -0.2) is 42.7 Å². The molecule has 2 aliphatic heterocycles. The van der Waals surface area contributed by atoms with E-state index in [1.54, 1.807) is 33.4 Å². The monoisotopic (exact) mass is 1040 g/mol. The van der Waals surface area contributed by atoms with Gasteiger partial charge in [-0.05, 0) is 64.5 Å². The second kappa shape index (κ2) is 24.3. The molecule has 0 bridgehead atoms. The lowest BCUT2D eigenvalue weighted by Gasteiger charge is -2.38. The minimum absolute atomic E-state index is 0.0535. The maximum atomic E-state index is 13.2. The summed E-state index contributed by atoms with van der Waals surface area (Å²) in [5.74, 6) is 0.453. The van der Waals surface area contributed by atoms with Crippen molar-refractivity contribution in [3.8, 4) is 0 Å². The summed E-state index contributed by atoms with van der Waals surface area (Å²) in [6.07, 6.45) is -3.02. The molecule has 26 heteroatoms. The Kier molecular flexibility index (Phi) is 18.0. The molecule has 1 amide bonds. The zero-order valence-corrected chi connectivity index (χ0v) is 43.3. The van der Waals surface area contributed by atoms with Crippen molar-refractivity contribution in [2.24, 2.45) is 5.92 Å². The number of H-pyrrole nitrogens is 1. The number of nitrogens with zero attached hydrogens (tertiary/aromatic N) is 10. The number of anilines is 1. The summed E-state index contributed by atoms with van der Waals surface area (Å²) in [6, 6.07) is 8.58. The van der Waals surface area contributed by atoms with Gasteiger partial charge in [-0.15, -0.1) is 0 Å². The van der Waals surface area contributed by atoms with E-state index in [0.717, 1.165) is 0 Å². The number of benzene rings is 1. The van der Waals surface area contributed by atoms with Gasteiger partial charge in [0, 0.05) is 39.7 Å². The number of hydrogen-bond acceptors (Lipinski definition) is 18. The van der Waals surface area contributed by atoms with Crippen LogP contribution in [0, 0.1) is 19.1 Å². The number of aromatic nitrogens is 8. The Morgan fingerprint density at radius 3 is 2.24 bits per heavy atom. The number of carbonyl (C=O) groups is 1. The van der Waals surface area contributed by atoms with Gasteiger partial charge in [0.1, 0.15) is 55.9 Å². The van der Waals surface area contributed by atoms with Crippen LogP contribution < -0.4 is 10.9 Å². The van der Waals surface area contributed by atoms with Gasteiger partial charge >= 0.3 is 6.72 Å². The Bertz CT molecular complexity index is 2800. The fourth-order valence-electron chi connectivity index (χ4n) is 8.30. The van der Waals surface area contributed by atoms with Crippen LogP contribution in [0.2, 0.25) is 0 Å². The van der Waals surface area contributed by atoms with Gasteiger partial charge in [-0.3, -0.25) is 23.2 Å². The molecule has 10 atom stereocenters. The van der Waals surface area contributed by atoms with Crippen LogP contribution in [0.3, 0.4) is 0 Å². The standard InChI is InChI=1S/C45H60N12O11P2S/c1-26(2)21-32-52-41-34(43(59)53-32)51-25-56(41)44-37(60-10)35(29(7)65-44)68-70(71,63-20-18-47-9)64-22-31-36(67-69(62-19-17-46-8)57(27(3)4)28(5)6)38(61-11)45(66-31)55-24-50-33-39(48-23-49-40(33)55)54-42(58)30-15-13-12-14-16-30/h12-16,23-29,31,35-38,44-45H,17-22H2,1-7,10-11H3,(H,52,53,59)(H,48,49,54,58)/t29-,31-,35?,36?,37+,38+,44-,45-,69?,70?/m1/s1/i7D. The third-order valence-electron chi connectivity index (χ3n) is 11.3. The fourth-order valence-corrected chi connectivity index (χ4v) is 12.1. The molecule has 0 aliphatic carbocycles. The Morgan fingerprint density at radius 1 is 0.915 bits per heavy atom. The second-order valence-corrected chi connectivity index (χ2v) is 21.8. The molecule has 2 aliphatic rings. The quantitative estimate of drug-likeness (QED) is 0.0382. The number of amides is 1. The number of fused-ring (bicyclic) bond motifs is 2. The Hall–Kier alpha value is -4.75. The zero-order chi connectivity index (χ0) is 51.7. The Morgan fingerprint density at radius 2 is 1.58 bits per heavy atom. The molecule has 7 rings (SSSR count). The van der Waals surface area contributed by atoms with Crippen LogP contribution in [-0.4, -0.2) is 145 Å². The van der Waals surface area contributed by atoms with Crippen molar-refractivity contribution in [1.29, 1.82) is 0 Å². The van der Waals surface area contributed by atoms with E-state index in [1.165, 1.54) is 33.2 Å². The van der Waals surface area contributed by atoms with Crippen LogP contribution in [0.1, 0.15) is 78.5 Å². The summed E-state index contributed by atoms with van der Waals surface area (Å²) in [7, 11) is 1.08. The number of carbonyl (C=O) groups excluding carboxylic acids is 1. The highest BCUT2D eigenvalue weighted by molar-refractivity contribution is 8.07. The predicted octanol–water partition coefficient (Wildman–Crippen LogP) is 6.48. The van der Waals surface area contributed by atoms with Gasteiger partial charge in [0.25, 0.3) is 20.0 Å². The van der Waals surface area contributed by atoms with E-state index in [2.05, 4.69) is 44.6 Å². The molecule has 382 valence electrons. The Labute approximate surface area is 419 Å². The SMILES string of the molecule is [2H]C[C@H]1O[C@@H](n2cnc3c(=O)[nH]c(CC(C)C)nc32)[C@@H](OC)C1OP(=S)(OCC[N+]#[C-])OC[C@H]1O[C@@H](n2cnc3c(NC(=O)c4ccccc4)ncnc32)[C@@H](OC)C1OP(OCC[N+]#[C-])N(C(C)C)C(C)C. The van der Waals surface area contributed by atoms with E-state index >= 15 is 0 Å². The van der Waals surface area contributed by atoms with Crippen molar-refractivity contribution >= 4 is 61.1 Å². The van der Waals surface area contributed by atoms with Crippen molar-refractivity contribution in [2.75, 3.05) is 52.4 Å². The molecule has 2 fully saturated rings. The topological polar surface area (TPSA) is 231 Å². The third kappa shape index (κ3) is 12.4. The van der Waals surface area contributed by atoms with Gasteiger partial charge in [0.05, 0.1) is 25.4 Å². The molecule has 4 aromatic heterocycles. The summed E-state index contributed by atoms with van der Waals surface area (Å²) in [4.78, 5) is 58.6. The summed E-state index contributed by atoms with van der Waals surface area (Å²) < 4.78 is 72.1. The first-order valence-corrected chi connectivity index (χ1v) is 26.6. The molecule has 4 unspecified atom stereocenters.